The maximum atomic E-state index is 11.6. The Labute approximate surface area is 116 Å². The summed E-state index contributed by atoms with van der Waals surface area (Å²) in [5.74, 6) is -1.40. The van der Waals surface area contributed by atoms with Crippen molar-refractivity contribution in [3.05, 3.63) is 16.8 Å². The van der Waals surface area contributed by atoms with Crippen molar-refractivity contribution in [3.8, 4) is 0 Å². The van der Waals surface area contributed by atoms with Gasteiger partial charge < -0.3 is 15.7 Å². The standard InChI is InChI=1S/C13H18N2O3S/c16-11(12(17)15-10-4-7-19-8-10)14-9-13(18)5-2-1-3-6-13/h4,7-8,18H,1-3,5-6,9H2,(H,14,16)(H,15,17). The van der Waals surface area contributed by atoms with Gasteiger partial charge in [0.2, 0.25) is 0 Å². The van der Waals surface area contributed by atoms with E-state index in [4.69, 9.17) is 0 Å². The minimum Gasteiger partial charge on any atom is -0.388 e. The van der Waals surface area contributed by atoms with Crippen molar-refractivity contribution in [1.82, 2.24) is 5.32 Å². The van der Waals surface area contributed by atoms with Crippen molar-refractivity contribution >= 4 is 28.8 Å². The number of hydrogen-bond donors (Lipinski definition) is 3. The Balaban J connectivity index is 1.78. The van der Waals surface area contributed by atoms with Crippen LogP contribution in [0.25, 0.3) is 0 Å². The Morgan fingerprint density at radius 1 is 1.26 bits per heavy atom. The summed E-state index contributed by atoms with van der Waals surface area (Å²) in [6.45, 7) is 0.142. The van der Waals surface area contributed by atoms with Crippen LogP contribution in [0.4, 0.5) is 5.69 Å². The second-order valence-corrected chi connectivity index (χ2v) is 5.71. The number of carbonyl (C=O) groups excluding carboxylic acids is 2. The lowest BCUT2D eigenvalue weighted by Crippen LogP contribution is -2.47. The summed E-state index contributed by atoms with van der Waals surface area (Å²) < 4.78 is 0. The van der Waals surface area contributed by atoms with E-state index in [2.05, 4.69) is 10.6 Å². The van der Waals surface area contributed by atoms with Gasteiger partial charge in [0.15, 0.2) is 0 Å². The summed E-state index contributed by atoms with van der Waals surface area (Å²) in [4.78, 5) is 23.2. The molecular formula is C13H18N2O3S. The molecule has 5 nitrogen and oxygen atoms in total. The number of aliphatic hydroxyl groups is 1. The largest absolute Gasteiger partial charge is 0.388 e. The fourth-order valence-electron chi connectivity index (χ4n) is 2.24. The van der Waals surface area contributed by atoms with E-state index in [1.807, 2.05) is 5.38 Å². The molecule has 0 aliphatic heterocycles. The summed E-state index contributed by atoms with van der Waals surface area (Å²) in [5.41, 5.74) is -0.238. The van der Waals surface area contributed by atoms with Gasteiger partial charge in [-0.3, -0.25) is 9.59 Å². The molecule has 2 amide bonds. The van der Waals surface area contributed by atoms with E-state index in [1.54, 1.807) is 11.4 Å². The molecule has 0 atom stereocenters. The van der Waals surface area contributed by atoms with Crippen LogP contribution in [0.15, 0.2) is 16.8 Å². The zero-order valence-corrected chi connectivity index (χ0v) is 11.5. The van der Waals surface area contributed by atoms with E-state index >= 15 is 0 Å². The molecule has 0 unspecified atom stereocenters. The van der Waals surface area contributed by atoms with Crippen molar-refractivity contribution < 1.29 is 14.7 Å². The number of rotatable bonds is 3. The maximum absolute atomic E-state index is 11.6. The topological polar surface area (TPSA) is 78.4 Å². The maximum Gasteiger partial charge on any atom is 0.313 e. The molecule has 0 spiro atoms. The molecule has 0 saturated heterocycles. The average Bonchev–Trinajstić information content (AvgIpc) is 2.90. The second-order valence-electron chi connectivity index (χ2n) is 4.93. The van der Waals surface area contributed by atoms with Gasteiger partial charge in [-0.2, -0.15) is 11.3 Å². The molecular weight excluding hydrogens is 264 g/mol. The lowest BCUT2D eigenvalue weighted by Gasteiger charge is -2.31. The monoisotopic (exact) mass is 282 g/mol. The zero-order chi connectivity index (χ0) is 13.7. The van der Waals surface area contributed by atoms with Crippen LogP contribution in [-0.4, -0.2) is 29.1 Å². The molecule has 3 N–H and O–H groups in total. The predicted molar refractivity (Wildman–Crippen MR) is 74.0 cm³/mol. The van der Waals surface area contributed by atoms with Crippen LogP contribution >= 0.6 is 11.3 Å². The number of hydrogen-bond acceptors (Lipinski definition) is 4. The first kappa shape index (κ1) is 14.0. The third-order valence-corrected chi connectivity index (χ3v) is 4.03. The van der Waals surface area contributed by atoms with Crippen molar-refractivity contribution in [3.63, 3.8) is 0 Å². The number of anilines is 1. The molecule has 104 valence electrons. The first-order valence-electron chi connectivity index (χ1n) is 6.43. The lowest BCUT2D eigenvalue weighted by atomic mass is 9.85. The van der Waals surface area contributed by atoms with Crippen LogP contribution in [0.5, 0.6) is 0 Å². The third-order valence-electron chi connectivity index (χ3n) is 3.35. The average molecular weight is 282 g/mol. The highest BCUT2D eigenvalue weighted by atomic mass is 32.1. The summed E-state index contributed by atoms with van der Waals surface area (Å²) >= 11 is 1.44. The van der Waals surface area contributed by atoms with E-state index in [0.717, 1.165) is 19.3 Å². The Morgan fingerprint density at radius 2 is 2.00 bits per heavy atom. The molecule has 1 saturated carbocycles. The number of thiophene rings is 1. The molecule has 1 fully saturated rings. The predicted octanol–water partition coefficient (Wildman–Crippen LogP) is 1.50. The van der Waals surface area contributed by atoms with Crippen LogP contribution < -0.4 is 10.6 Å². The highest BCUT2D eigenvalue weighted by Crippen LogP contribution is 2.27. The highest BCUT2D eigenvalue weighted by molar-refractivity contribution is 7.08. The van der Waals surface area contributed by atoms with E-state index in [9.17, 15) is 14.7 Å². The minimum absolute atomic E-state index is 0.142. The van der Waals surface area contributed by atoms with Crippen molar-refractivity contribution in [1.29, 1.82) is 0 Å². The van der Waals surface area contributed by atoms with Crippen LogP contribution in [0.2, 0.25) is 0 Å². The normalized spacial score (nSPS) is 17.7. The molecule has 1 aliphatic carbocycles. The minimum atomic E-state index is -0.851. The summed E-state index contributed by atoms with van der Waals surface area (Å²) in [6.07, 6.45) is 4.41. The Morgan fingerprint density at radius 3 is 2.63 bits per heavy atom. The summed E-state index contributed by atoms with van der Waals surface area (Å²) in [7, 11) is 0. The van der Waals surface area contributed by atoms with Crippen molar-refractivity contribution in [2.24, 2.45) is 0 Å². The van der Waals surface area contributed by atoms with Crippen LogP contribution in [-0.2, 0) is 9.59 Å². The van der Waals surface area contributed by atoms with E-state index in [0.29, 0.717) is 18.5 Å². The second kappa shape index (κ2) is 6.16. The van der Waals surface area contributed by atoms with Gasteiger partial charge in [-0.15, -0.1) is 0 Å². The molecule has 1 heterocycles. The molecule has 0 radical (unpaired) electrons. The van der Waals surface area contributed by atoms with Gasteiger partial charge in [0.05, 0.1) is 11.3 Å². The Hall–Kier alpha value is -1.40. The molecule has 2 rings (SSSR count). The number of carbonyl (C=O) groups is 2. The molecule has 19 heavy (non-hydrogen) atoms. The summed E-state index contributed by atoms with van der Waals surface area (Å²) in [6, 6.07) is 1.73. The summed E-state index contributed by atoms with van der Waals surface area (Å²) in [5, 5.41) is 18.8. The molecule has 0 aromatic carbocycles. The van der Waals surface area contributed by atoms with Gasteiger partial charge in [0, 0.05) is 11.9 Å². The Kier molecular flexibility index (Phi) is 4.55. The number of amides is 2. The quantitative estimate of drug-likeness (QED) is 0.735. The van der Waals surface area contributed by atoms with Gasteiger partial charge in [0.1, 0.15) is 0 Å². The molecule has 6 heteroatoms. The van der Waals surface area contributed by atoms with Crippen LogP contribution in [0.1, 0.15) is 32.1 Å². The van der Waals surface area contributed by atoms with E-state index in [-0.39, 0.29) is 6.54 Å². The Bertz CT molecular complexity index is 439. The molecule has 1 aromatic heterocycles. The molecule has 0 bridgehead atoms. The van der Waals surface area contributed by atoms with E-state index < -0.39 is 17.4 Å². The third kappa shape index (κ3) is 4.04. The van der Waals surface area contributed by atoms with Crippen LogP contribution in [0, 0.1) is 0 Å². The highest BCUT2D eigenvalue weighted by Gasteiger charge is 2.30. The fraction of sp³-hybridized carbons (Fsp3) is 0.538. The zero-order valence-electron chi connectivity index (χ0n) is 10.6. The van der Waals surface area contributed by atoms with Gasteiger partial charge in [-0.05, 0) is 24.3 Å². The van der Waals surface area contributed by atoms with Gasteiger partial charge >= 0.3 is 11.8 Å². The van der Waals surface area contributed by atoms with Crippen LogP contribution in [0.3, 0.4) is 0 Å². The lowest BCUT2D eigenvalue weighted by molar-refractivity contribution is -0.137. The molecule has 1 aromatic rings. The van der Waals surface area contributed by atoms with Crippen molar-refractivity contribution in [2.45, 2.75) is 37.7 Å². The van der Waals surface area contributed by atoms with Crippen molar-refractivity contribution in [2.75, 3.05) is 11.9 Å². The first-order chi connectivity index (χ1) is 9.09. The fourth-order valence-corrected chi connectivity index (χ4v) is 2.82. The number of nitrogens with one attached hydrogen (secondary N) is 2. The van der Waals surface area contributed by atoms with E-state index in [1.165, 1.54) is 11.3 Å². The smallest absolute Gasteiger partial charge is 0.313 e. The van der Waals surface area contributed by atoms with Gasteiger partial charge in [-0.25, -0.2) is 0 Å². The van der Waals surface area contributed by atoms with Gasteiger partial charge in [-0.1, -0.05) is 19.3 Å². The SMILES string of the molecule is O=C(NCC1(O)CCCCC1)C(=O)Nc1ccsc1. The van der Waals surface area contributed by atoms with Gasteiger partial charge in [0.25, 0.3) is 0 Å². The first-order valence-corrected chi connectivity index (χ1v) is 7.37. The molecule has 1 aliphatic rings.